The van der Waals surface area contributed by atoms with Gasteiger partial charge >= 0.3 is 0 Å². The molecule has 98 valence electrons. The Kier molecular flexibility index (Phi) is 4.66. The molecular formula is C13H11Br2N3O. The second kappa shape index (κ2) is 6.25. The van der Waals surface area contributed by atoms with E-state index in [1.165, 1.54) is 0 Å². The van der Waals surface area contributed by atoms with E-state index in [9.17, 15) is 4.79 Å². The number of nitrogens with zero attached hydrogens (tertiary/aromatic N) is 2. The SMILES string of the molecule is Cc1nccc(CNC(=O)c2ccc(Br)cc2Br)n1. The van der Waals surface area contributed by atoms with Crippen LogP contribution in [0.25, 0.3) is 0 Å². The number of aromatic nitrogens is 2. The normalized spacial score (nSPS) is 10.3. The van der Waals surface area contributed by atoms with Crippen LogP contribution >= 0.6 is 31.9 Å². The van der Waals surface area contributed by atoms with Crippen LogP contribution in [0.15, 0.2) is 39.4 Å². The molecule has 1 aromatic heterocycles. The highest BCUT2D eigenvalue weighted by atomic mass is 79.9. The van der Waals surface area contributed by atoms with Crippen LogP contribution in [0.5, 0.6) is 0 Å². The molecule has 4 nitrogen and oxygen atoms in total. The number of nitrogens with one attached hydrogen (secondary N) is 1. The first kappa shape index (κ1) is 14.1. The van der Waals surface area contributed by atoms with Crippen LogP contribution in [0.1, 0.15) is 21.9 Å². The molecule has 1 N–H and O–H groups in total. The predicted molar refractivity (Wildman–Crippen MR) is 79.8 cm³/mol. The molecule has 0 atom stereocenters. The second-order valence-corrected chi connectivity index (χ2v) is 5.67. The molecule has 0 saturated carbocycles. The number of halogens is 2. The van der Waals surface area contributed by atoms with Gasteiger partial charge in [-0.3, -0.25) is 4.79 Å². The smallest absolute Gasteiger partial charge is 0.252 e. The molecule has 0 bridgehead atoms. The highest BCUT2D eigenvalue weighted by molar-refractivity contribution is 9.11. The molecule has 0 spiro atoms. The van der Waals surface area contributed by atoms with Crippen LogP contribution in [0.4, 0.5) is 0 Å². The Morgan fingerprint density at radius 2 is 2.11 bits per heavy atom. The number of benzene rings is 1. The molecule has 6 heteroatoms. The van der Waals surface area contributed by atoms with Crippen molar-refractivity contribution in [3.05, 3.63) is 56.5 Å². The lowest BCUT2D eigenvalue weighted by atomic mass is 10.2. The fourth-order valence-corrected chi connectivity index (χ4v) is 2.77. The summed E-state index contributed by atoms with van der Waals surface area (Å²) < 4.78 is 1.67. The van der Waals surface area contributed by atoms with Gasteiger partial charge in [0, 0.05) is 15.1 Å². The highest BCUT2D eigenvalue weighted by Crippen LogP contribution is 2.21. The first-order chi connectivity index (χ1) is 9.06. The van der Waals surface area contributed by atoms with Gasteiger partial charge in [-0.05, 0) is 47.1 Å². The lowest BCUT2D eigenvalue weighted by molar-refractivity contribution is 0.0949. The van der Waals surface area contributed by atoms with Crippen molar-refractivity contribution in [1.29, 1.82) is 0 Å². The van der Waals surface area contributed by atoms with E-state index in [4.69, 9.17) is 0 Å². The van der Waals surface area contributed by atoms with E-state index in [2.05, 4.69) is 47.1 Å². The van der Waals surface area contributed by atoms with Crippen molar-refractivity contribution in [1.82, 2.24) is 15.3 Å². The molecular weight excluding hydrogens is 374 g/mol. The van der Waals surface area contributed by atoms with Crippen LogP contribution in [-0.4, -0.2) is 15.9 Å². The number of aryl methyl sites for hydroxylation is 1. The summed E-state index contributed by atoms with van der Waals surface area (Å²) in [5.74, 6) is 0.548. The number of hydrogen-bond donors (Lipinski definition) is 1. The number of carbonyl (C=O) groups is 1. The number of hydrogen-bond acceptors (Lipinski definition) is 3. The zero-order chi connectivity index (χ0) is 13.8. The van der Waals surface area contributed by atoms with E-state index in [1.807, 2.05) is 19.1 Å². The summed E-state index contributed by atoms with van der Waals surface area (Å²) in [6.45, 7) is 2.20. The van der Waals surface area contributed by atoms with Crippen molar-refractivity contribution in [2.24, 2.45) is 0 Å². The average Bonchev–Trinajstić information content (AvgIpc) is 2.36. The van der Waals surface area contributed by atoms with Gasteiger partial charge < -0.3 is 5.32 Å². The van der Waals surface area contributed by atoms with Gasteiger partial charge in [0.2, 0.25) is 0 Å². The van der Waals surface area contributed by atoms with Gasteiger partial charge in [0.15, 0.2) is 0 Å². The van der Waals surface area contributed by atoms with Crippen LogP contribution < -0.4 is 5.32 Å². The zero-order valence-electron chi connectivity index (χ0n) is 10.2. The zero-order valence-corrected chi connectivity index (χ0v) is 13.3. The molecule has 0 aliphatic heterocycles. The third-order valence-corrected chi connectivity index (χ3v) is 3.59. The van der Waals surface area contributed by atoms with Gasteiger partial charge in [0.25, 0.3) is 5.91 Å². The summed E-state index contributed by atoms with van der Waals surface area (Å²) in [5, 5.41) is 2.83. The van der Waals surface area contributed by atoms with Crippen LogP contribution in [0.2, 0.25) is 0 Å². The maximum Gasteiger partial charge on any atom is 0.252 e. The van der Waals surface area contributed by atoms with Crippen LogP contribution in [-0.2, 0) is 6.54 Å². The van der Waals surface area contributed by atoms with Crippen LogP contribution in [0, 0.1) is 6.92 Å². The minimum absolute atomic E-state index is 0.143. The fourth-order valence-electron chi connectivity index (χ4n) is 1.54. The Balaban J connectivity index is 2.05. The Morgan fingerprint density at radius 3 is 2.79 bits per heavy atom. The van der Waals surface area contributed by atoms with E-state index < -0.39 is 0 Å². The van der Waals surface area contributed by atoms with Crippen molar-refractivity contribution in [2.75, 3.05) is 0 Å². The van der Waals surface area contributed by atoms with Gasteiger partial charge in [-0.25, -0.2) is 9.97 Å². The fraction of sp³-hybridized carbons (Fsp3) is 0.154. The molecule has 1 heterocycles. The molecule has 0 fully saturated rings. The van der Waals surface area contributed by atoms with Gasteiger partial charge in [-0.1, -0.05) is 15.9 Å². The Labute approximate surface area is 127 Å². The summed E-state index contributed by atoms with van der Waals surface area (Å²) in [7, 11) is 0. The first-order valence-electron chi connectivity index (χ1n) is 5.58. The van der Waals surface area contributed by atoms with Crippen molar-refractivity contribution < 1.29 is 4.79 Å². The third kappa shape index (κ3) is 3.84. The summed E-state index contributed by atoms with van der Waals surface area (Å²) in [4.78, 5) is 20.3. The van der Waals surface area contributed by atoms with Gasteiger partial charge in [-0.15, -0.1) is 0 Å². The largest absolute Gasteiger partial charge is 0.346 e. The van der Waals surface area contributed by atoms with Gasteiger partial charge in [-0.2, -0.15) is 0 Å². The van der Waals surface area contributed by atoms with E-state index in [-0.39, 0.29) is 5.91 Å². The minimum Gasteiger partial charge on any atom is -0.346 e. The van der Waals surface area contributed by atoms with Crippen molar-refractivity contribution >= 4 is 37.8 Å². The molecule has 0 radical (unpaired) electrons. The van der Waals surface area contributed by atoms with Crippen molar-refractivity contribution in [2.45, 2.75) is 13.5 Å². The molecule has 2 rings (SSSR count). The molecule has 0 aliphatic rings. The Morgan fingerprint density at radius 1 is 1.32 bits per heavy atom. The molecule has 19 heavy (non-hydrogen) atoms. The minimum atomic E-state index is -0.143. The van der Waals surface area contributed by atoms with E-state index in [0.29, 0.717) is 17.9 Å². The summed E-state index contributed by atoms with van der Waals surface area (Å²) in [6, 6.07) is 7.21. The Hall–Kier alpha value is -1.27. The van der Waals surface area contributed by atoms with Gasteiger partial charge in [0.1, 0.15) is 5.82 Å². The lowest BCUT2D eigenvalue weighted by Crippen LogP contribution is -2.23. The van der Waals surface area contributed by atoms with Gasteiger partial charge in [0.05, 0.1) is 17.8 Å². The predicted octanol–water partition coefficient (Wildman–Crippen LogP) is 3.24. The average molecular weight is 385 g/mol. The first-order valence-corrected chi connectivity index (χ1v) is 7.16. The van der Waals surface area contributed by atoms with Crippen LogP contribution in [0.3, 0.4) is 0 Å². The molecule has 0 saturated heterocycles. The lowest BCUT2D eigenvalue weighted by Gasteiger charge is -2.07. The van der Waals surface area contributed by atoms with Crippen molar-refractivity contribution in [3.63, 3.8) is 0 Å². The van der Waals surface area contributed by atoms with Crippen molar-refractivity contribution in [3.8, 4) is 0 Å². The highest BCUT2D eigenvalue weighted by Gasteiger charge is 2.10. The quantitative estimate of drug-likeness (QED) is 0.883. The summed E-state index contributed by atoms with van der Waals surface area (Å²) in [6.07, 6.45) is 1.68. The number of rotatable bonds is 3. The maximum atomic E-state index is 12.0. The van der Waals surface area contributed by atoms with E-state index in [0.717, 1.165) is 14.6 Å². The molecule has 0 aliphatic carbocycles. The molecule has 1 aromatic carbocycles. The maximum absolute atomic E-state index is 12.0. The van der Waals surface area contributed by atoms with E-state index in [1.54, 1.807) is 18.3 Å². The standard InChI is InChI=1S/C13H11Br2N3O/c1-8-16-5-4-10(18-8)7-17-13(19)11-3-2-9(14)6-12(11)15/h2-6H,7H2,1H3,(H,17,19). The van der Waals surface area contributed by atoms with E-state index >= 15 is 0 Å². The monoisotopic (exact) mass is 383 g/mol. The number of amides is 1. The Bertz CT molecular complexity index is 617. The topological polar surface area (TPSA) is 54.9 Å². The second-order valence-electron chi connectivity index (χ2n) is 3.90. The third-order valence-electron chi connectivity index (χ3n) is 2.44. The summed E-state index contributed by atoms with van der Waals surface area (Å²) >= 11 is 6.72. The number of carbonyl (C=O) groups excluding carboxylic acids is 1. The summed E-state index contributed by atoms with van der Waals surface area (Å²) in [5.41, 5.74) is 1.38. The molecule has 0 unspecified atom stereocenters. The molecule has 1 amide bonds. The molecule has 2 aromatic rings.